The molecule has 1 spiro atoms. The normalized spacial score (nSPS) is 24.0. The number of hydrogen-bond donors (Lipinski definition) is 1. The van der Waals surface area contributed by atoms with E-state index >= 15 is 0 Å². The Morgan fingerprint density at radius 3 is 2.32 bits per heavy atom. The van der Waals surface area contributed by atoms with Gasteiger partial charge in [-0.3, -0.25) is 4.79 Å². The van der Waals surface area contributed by atoms with E-state index in [1.54, 1.807) is 0 Å². The first-order valence-corrected chi connectivity index (χ1v) is 9.59. The van der Waals surface area contributed by atoms with Crippen LogP contribution in [0, 0.1) is 0 Å². The molecule has 1 heterocycles. The smallest absolute Gasteiger partial charge is 0.243 e. The molecule has 1 amide bonds. The number of amides is 1. The average Bonchev–Trinajstić information content (AvgIpc) is 2.51. The molecule has 0 unspecified atom stereocenters. The lowest BCUT2D eigenvalue weighted by Gasteiger charge is -2.52. The lowest BCUT2D eigenvalue weighted by Crippen LogP contribution is -2.71. The molecule has 2 fully saturated rings. The number of unbranched alkanes of at least 4 members (excludes halogenated alkanes) is 5. The Hall–Kier alpha value is -0.570. The molecule has 0 bridgehead atoms. The molecule has 2 aliphatic rings. The second kappa shape index (κ2) is 7.81. The molecule has 1 saturated heterocycles. The summed E-state index contributed by atoms with van der Waals surface area (Å²) in [5.41, 5.74) is -0.265. The molecule has 1 saturated carbocycles. The maximum absolute atomic E-state index is 13.1. The number of carbonyl (C=O) groups is 1. The number of nitrogens with one attached hydrogen (secondary N) is 1. The summed E-state index contributed by atoms with van der Waals surface area (Å²) in [6, 6.07) is 0. The number of carbonyl (C=O) groups excluding carboxylic acids is 1. The van der Waals surface area contributed by atoms with Gasteiger partial charge in [-0.05, 0) is 33.1 Å². The van der Waals surface area contributed by atoms with Gasteiger partial charge >= 0.3 is 0 Å². The standard InChI is InChI=1S/C19H36N2O/c1-4-5-6-7-8-12-15-21-17(22)19(13-10-9-11-14-19)20-16-18(21,2)3/h20H,4-16H2,1-3H3. The first kappa shape index (κ1) is 17.8. The van der Waals surface area contributed by atoms with Crippen molar-refractivity contribution in [2.45, 2.75) is 102 Å². The molecule has 0 aromatic rings. The van der Waals surface area contributed by atoms with Crippen LogP contribution in [0.25, 0.3) is 0 Å². The van der Waals surface area contributed by atoms with Crippen molar-refractivity contribution in [1.29, 1.82) is 0 Å². The van der Waals surface area contributed by atoms with Crippen LogP contribution in [0.5, 0.6) is 0 Å². The van der Waals surface area contributed by atoms with Crippen LogP contribution in [0.15, 0.2) is 0 Å². The van der Waals surface area contributed by atoms with Gasteiger partial charge in [-0.1, -0.05) is 58.3 Å². The monoisotopic (exact) mass is 308 g/mol. The molecule has 128 valence electrons. The third-order valence-corrected chi connectivity index (χ3v) is 5.69. The van der Waals surface area contributed by atoms with Crippen molar-refractivity contribution < 1.29 is 4.79 Å². The molecule has 0 radical (unpaired) electrons. The summed E-state index contributed by atoms with van der Waals surface area (Å²) in [4.78, 5) is 15.4. The van der Waals surface area contributed by atoms with E-state index in [0.29, 0.717) is 5.91 Å². The van der Waals surface area contributed by atoms with Gasteiger partial charge in [-0.15, -0.1) is 0 Å². The SMILES string of the molecule is CCCCCCCCN1C(=O)C2(CCCCC2)NCC1(C)C. The van der Waals surface area contributed by atoms with E-state index in [1.807, 2.05) is 0 Å². The predicted molar refractivity (Wildman–Crippen MR) is 93.0 cm³/mol. The summed E-state index contributed by atoms with van der Waals surface area (Å²) in [5.74, 6) is 0.386. The fourth-order valence-corrected chi connectivity index (χ4v) is 4.09. The zero-order chi connectivity index (χ0) is 16.1. The van der Waals surface area contributed by atoms with E-state index in [9.17, 15) is 4.79 Å². The topological polar surface area (TPSA) is 32.3 Å². The van der Waals surface area contributed by atoms with Gasteiger partial charge in [0.1, 0.15) is 0 Å². The minimum Gasteiger partial charge on any atom is -0.335 e. The van der Waals surface area contributed by atoms with E-state index in [1.165, 1.54) is 51.4 Å². The van der Waals surface area contributed by atoms with Gasteiger partial charge in [0.05, 0.1) is 5.54 Å². The lowest BCUT2D eigenvalue weighted by atomic mass is 9.77. The molecule has 3 heteroatoms. The van der Waals surface area contributed by atoms with Crippen LogP contribution in [-0.2, 0) is 4.79 Å². The third kappa shape index (κ3) is 4.04. The third-order valence-electron chi connectivity index (χ3n) is 5.69. The van der Waals surface area contributed by atoms with Gasteiger partial charge in [-0.25, -0.2) is 0 Å². The first-order chi connectivity index (χ1) is 10.5. The van der Waals surface area contributed by atoms with Crippen molar-refractivity contribution in [3.63, 3.8) is 0 Å². The van der Waals surface area contributed by atoms with Gasteiger partial charge in [-0.2, -0.15) is 0 Å². The second-order valence-electron chi connectivity index (χ2n) is 8.03. The lowest BCUT2D eigenvalue weighted by molar-refractivity contribution is -0.151. The molecule has 2 rings (SSSR count). The van der Waals surface area contributed by atoms with Crippen molar-refractivity contribution in [2.24, 2.45) is 0 Å². The summed E-state index contributed by atoms with van der Waals surface area (Å²) < 4.78 is 0. The first-order valence-electron chi connectivity index (χ1n) is 9.59. The van der Waals surface area contributed by atoms with Gasteiger partial charge < -0.3 is 10.2 Å². The highest BCUT2D eigenvalue weighted by molar-refractivity contribution is 5.88. The molecule has 1 N–H and O–H groups in total. The fraction of sp³-hybridized carbons (Fsp3) is 0.947. The molecule has 0 aromatic heterocycles. The summed E-state index contributed by atoms with van der Waals surface area (Å²) in [5, 5.41) is 3.63. The summed E-state index contributed by atoms with van der Waals surface area (Å²) >= 11 is 0. The van der Waals surface area contributed by atoms with Crippen molar-refractivity contribution in [1.82, 2.24) is 10.2 Å². The van der Waals surface area contributed by atoms with Crippen molar-refractivity contribution >= 4 is 5.91 Å². The van der Waals surface area contributed by atoms with Crippen molar-refractivity contribution in [3.05, 3.63) is 0 Å². The Kier molecular flexibility index (Phi) is 6.31. The number of rotatable bonds is 7. The highest BCUT2D eigenvalue weighted by Crippen LogP contribution is 2.35. The zero-order valence-electron chi connectivity index (χ0n) is 15.0. The van der Waals surface area contributed by atoms with E-state index in [2.05, 4.69) is 31.0 Å². The van der Waals surface area contributed by atoms with Crippen LogP contribution in [0.3, 0.4) is 0 Å². The largest absolute Gasteiger partial charge is 0.335 e. The maximum Gasteiger partial charge on any atom is 0.243 e. The molecule has 1 aliphatic heterocycles. The van der Waals surface area contributed by atoms with Crippen LogP contribution in [0.4, 0.5) is 0 Å². The van der Waals surface area contributed by atoms with E-state index in [4.69, 9.17) is 0 Å². The highest BCUT2D eigenvalue weighted by atomic mass is 16.2. The number of nitrogens with zero attached hydrogens (tertiary/aromatic N) is 1. The number of hydrogen-bond acceptors (Lipinski definition) is 2. The van der Waals surface area contributed by atoms with Gasteiger partial charge in [0.25, 0.3) is 0 Å². The quantitative estimate of drug-likeness (QED) is 0.713. The van der Waals surface area contributed by atoms with Gasteiger partial charge in [0, 0.05) is 18.6 Å². The Morgan fingerprint density at radius 1 is 1.00 bits per heavy atom. The molecule has 22 heavy (non-hydrogen) atoms. The van der Waals surface area contributed by atoms with Crippen molar-refractivity contribution in [2.75, 3.05) is 13.1 Å². The van der Waals surface area contributed by atoms with E-state index in [-0.39, 0.29) is 11.1 Å². The van der Waals surface area contributed by atoms with Crippen LogP contribution >= 0.6 is 0 Å². The van der Waals surface area contributed by atoms with E-state index in [0.717, 1.165) is 32.4 Å². The second-order valence-corrected chi connectivity index (χ2v) is 8.03. The summed E-state index contributed by atoms with van der Waals surface area (Å²) in [6.07, 6.45) is 13.5. The molecule has 1 aliphatic carbocycles. The minimum atomic E-state index is -0.226. The van der Waals surface area contributed by atoms with Crippen LogP contribution in [0.2, 0.25) is 0 Å². The van der Waals surface area contributed by atoms with Crippen LogP contribution in [0.1, 0.15) is 91.4 Å². The number of piperazine rings is 1. The molecular weight excluding hydrogens is 272 g/mol. The highest BCUT2D eigenvalue weighted by Gasteiger charge is 2.49. The van der Waals surface area contributed by atoms with Crippen molar-refractivity contribution in [3.8, 4) is 0 Å². The zero-order valence-corrected chi connectivity index (χ0v) is 15.0. The molecule has 0 aromatic carbocycles. The Labute approximate surface area is 137 Å². The molecular formula is C19H36N2O. The Morgan fingerprint density at radius 2 is 1.64 bits per heavy atom. The average molecular weight is 309 g/mol. The molecule has 3 nitrogen and oxygen atoms in total. The van der Waals surface area contributed by atoms with E-state index < -0.39 is 0 Å². The Bertz CT molecular complexity index is 358. The van der Waals surface area contributed by atoms with Gasteiger partial charge in [0.15, 0.2) is 0 Å². The minimum absolute atomic E-state index is 0.0385. The van der Waals surface area contributed by atoms with Crippen LogP contribution < -0.4 is 5.32 Å². The maximum atomic E-state index is 13.1. The summed E-state index contributed by atoms with van der Waals surface area (Å²) in [7, 11) is 0. The van der Waals surface area contributed by atoms with Gasteiger partial charge in [0.2, 0.25) is 5.91 Å². The van der Waals surface area contributed by atoms with Crippen LogP contribution in [-0.4, -0.2) is 35.0 Å². The fourth-order valence-electron chi connectivity index (χ4n) is 4.09. The predicted octanol–water partition coefficient (Wildman–Crippen LogP) is 4.26. The molecule has 0 atom stereocenters. The summed E-state index contributed by atoms with van der Waals surface area (Å²) in [6.45, 7) is 8.57. The Balaban J connectivity index is 1.89.